The molecule has 0 radical (unpaired) electrons. The van der Waals surface area contributed by atoms with Crippen LogP contribution in [0.5, 0.6) is 0 Å². The molecule has 0 saturated carbocycles. The molecule has 0 saturated heterocycles. The van der Waals surface area contributed by atoms with Gasteiger partial charge in [-0.05, 0) is 66.7 Å². The minimum atomic E-state index is -4.57. The maximum Gasteiger partial charge on any atom is 0.416 e. The first-order valence-corrected chi connectivity index (χ1v) is 20.5. The lowest BCUT2D eigenvalue weighted by Gasteiger charge is -2.20. The molecule has 11 aromatic rings. The zero-order valence-corrected chi connectivity index (χ0v) is 33.5. The first kappa shape index (κ1) is 38.9. The normalized spacial score (nSPS) is 12.2. The zero-order chi connectivity index (χ0) is 43.7. The predicted octanol–water partition coefficient (Wildman–Crippen LogP) is 15.4. The second-order valence-corrected chi connectivity index (χ2v) is 15.6. The van der Waals surface area contributed by atoms with Crippen LogP contribution in [0.1, 0.15) is 11.1 Å². The summed E-state index contributed by atoms with van der Waals surface area (Å²) >= 11 is 0. The summed E-state index contributed by atoms with van der Waals surface area (Å²) in [5.74, 6) is 0.435. The summed E-state index contributed by atoms with van der Waals surface area (Å²) < 4.78 is 89.1. The molecule has 0 aliphatic heterocycles. The highest BCUT2D eigenvalue weighted by atomic mass is 19.4. The van der Waals surface area contributed by atoms with Crippen LogP contribution in [0.3, 0.4) is 0 Å². The summed E-state index contributed by atoms with van der Waals surface area (Å²) in [5.41, 5.74) is 7.61. The Balaban J connectivity index is 1.21. The number of halogens is 6. The average molecular weight is 851 g/mol. The lowest BCUT2D eigenvalue weighted by Crippen LogP contribution is -2.05. The fourth-order valence-electron chi connectivity index (χ4n) is 8.89. The molecular formula is C54H32F6N4. The molecule has 0 unspecified atom stereocenters. The zero-order valence-electron chi connectivity index (χ0n) is 33.5. The summed E-state index contributed by atoms with van der Waals surface area (Å²) in [7, 11) is 0. The number of para-hydroxylation sites is 3. The van der Waals surface area contributed by atoms with E-state index >= 15 is 0 Å². The molecule has 8 aromatic carbocycles. The van der Waals surface area contributed by atoms with Crippen LogP contribution in [0.15, 0.2) is 194 Å². The summed E-state index contributed by atoms with van der Waals surface area (Å²) in [4.78, 5) is 10.2. The summed E-state index contributed by atoms with van der Waals surface area (Å²) in [5, 5.41) is 2.15. The minimum Gasteiger partial charge on any atom is -0.309 e. The van der Waals surface area contributed by atoms with Gasteiger partial charge in [0.25, 0.3) is 0 Å². The average Bonchev–Trinajstić information content (AvgIpc) is 3.83. The molecule has 10 heteroatoms. The second-order valence-electron chi connectivity index (χ2n) is 15.6. The highest BCUT2D eigenvalue weighted by molar-refractivity contribution is 6.12. The number of rotatable bonds is 6. The molecule has 4 nitrogen and oxygen atoms in total. The molecular weight excluding hydrogens is 819 g/mol. The van der Waals surface area contributed by atoms with Gasteiger partial charge in [-0.2, -0.15) is 26.3 Å². The van der Waals surface area contributed by atoms with E-state index in [4.69, 9.17) is 9.97 Å². The van der Waals surface area contributed by atoms with E-state index in [0.29, 0.717) is 83.3 Å². The number of fused-ring (bicyclic) bond motifs is 6. The third-order valence-electron chi connectivity index (χ3n) is 11.8. The van der Waals surface area contributed by atoms with Gasteiger partial charge >= 0.3 is 12.4 Å². The van der Waals surface area contributed by atoms with Gasteiger partial charge in [0.1, 0.15) is 0 Å². The Morgan fingerprint density at radius 1 is 0.328 bits per heavy atom. The van der Waals surface area contributed by atoms with Crippen LogP contribution in [0.4, 0.5) is 26.3 Å². The third-order valence-corrected chi connectivity index (χ3v) is 11.8. The number of nitrogens with zero attached hydrogens (tertiary/aromatic N) is 4. The van der Waals surface area contributed by atoms with Crippen molar-refractivity contribution < 1.29 is 26.3 Å². The van der Waals surface area contributed by atoms with Crippen LogP contribution in [0.25, 0.3) is 100 Å². The van der Waals surface area contributed by atoms with Crippen LogP contribution in [-0.4, -0.2) is 19.1 Å². The SMILES string of the molecule is FC(F)(F)c1ccc2c(c1)c1ccccc1n2-c1ccccc1-c1ccc(-c2nc(-c3ccccc3)cc(-c3ccccc3)n2)cc1-n1c2ccccc2c2cc(C(F)(F)F)ccc21. The van der Waals surface area contributed by atoms with Crippen molar-refractivity contribution in [3.05, 3.63) is 205 Å². The molecule has 0 bridgehead atoms. The molecule has 3 aromatic heterocycles. The molecule has 0 amide bonds. The van der Waals surface area contributed by atoms with Gasteiger partial charge in [-0.25, -0.2) is 9.97 Å². The lowest BCUT2D eigenvalue weighted by molar-refractivity contribution is -0.138. The molecule has 11 rings (SSSR count). The van der Waals surface area contributed by atoms with Gasteiger partial charge < -0.3 is 9.13 Å². The van der Waals surface area contributed by atoms with E-state index in [9.17, 15) is 26.3 Å². The predicted molar refractivity (Wildman–Crippen MR) is 242 cm³/mol. The molecule has 0 aliphatic rings. The number of alkyl halides is 6. The summed E-state index contributed by atoms with van der Waals surface area (Å²) in [6.45, 7) is 0. The Bertz CT molecular complexity index is 3530. The van der Waals surface area contributed by atoms with Gasteiger partial charge in [-0.15, -0.1) is 0 Å². The van der Waals surface area contributed by atoms with E-state index in [1.165, 1.54) is 24.3 Å². The first-order valence-electron chi connectivity index (χ1n) is 20.5. The fraction of sp³-hybridized carbons (Fsp3) is 0.0370. The van der Waals surface area contributed by atoms with Crippen molar-refractivity contribution >= 4 is 43.6 Å². The smallest absolute Gasteiger partial charge is 0.309 e. The number of hydrogen-bond donors (Lipinski definition) is 0. The highest BCUT2D eigenvalue weighted by Gasteiger charge is 2.33. The molecule has 3 heterocycles. The van der Waals surface area contributed by atoms with Gasteiger partial charge in [0.05, 0.1) is 56.0 Å². The Morgan fingerprint density at radius 2 is 0.766 bits per heavy atom. The van der Waals surface area contributed by atoms with Crippen molar-refractivity contribution in [1.29, 1.82) is 0 Å². The Morgan fingerprint density at radius 3 is 1.30 bits per heavy atom. The molecule has 310 valence electrons. The standard InChI is InChI=1S/C54H32F6N4/c55-53(56,57)36-24-27-49-42(30-36)39-18-8-11-21-47(39)63(49)46-20-10-7-17-38(46)41-26-23-35(52-61-44(33-13-3-1-4-14-33)32-45(62-52)34-15-5-2-6-16-34)29-51(41)64-48-22-12-9-19-40(48)43-31-37(54(58,59)60)25-28-50(43)64/h1-32H. The van der Waals surface area contributed by atoms with Gasteiger partial charge in [0.2, 0.25) is 0 Å². The highest BCUT2D eigenvalue weighted by Crippen LogP contribution is 2.44. The van der Waals surface area contributed by atoms with Crippen LogP contribution in [0, 0.1) is 0 Å². The maximum atomic E-state index is 14.3. The molecule has 0 fully saturated rings. The van der Waals surface area contributed by atoms with E-state index in [-0.39, 0.29) is 0 Å². The van der Waals surface area contributed by atoms with Crippen LogP contribution < -0.4 is 0 Å². The van der Waals surface area contributed by atoms with E-state index in [2.05, 4.69) is 0 Å². The molecule has 0 atom stereocenters. The van der Waals surface area contributed by atoms with Crippen molar-refractivity contribution in [3.8, 4) is 56.4 Å². The Labute approximate surface area is 362 Å². The van der Waals surface area contributed by atoms with E-state index < -0.39 is 23.5 Å². The molecule has 64 heavy (non-hydrogen) atoms. The van der Waals surface area contributed by atoms with Crippen molar-refractivity contribution in [3.63, 3.8) is 0 Å². The monoisotopic (exact) mass is 850 g/mol. The molecule has 0 N–H and O–H groups in total. The number of benzene rings is 8. The molecule has 0 spiro atoms. The second kappa shape index (κ2) is 14.8. The van der Waals surface area contributed by atoms with Gasteiger partial charge in [-0.1, -0.05) is 127 Å². The van der Waals surface area contributed by atoms with Gasteiger partial charge in [0.15, 0.2) is 5.82 Å². The first-order chi connectivity index (χ1) is 31.0. The van der Waals surface area contributed by atoms with Crippen molar-refractivity contribution in [2.24, 2.45) is 0 Å². The van der Waals surface area contributed by atoms with Crippen LogP contribution in [0.2, 0.25) is 0 Å². The van der Waals surface area contributed by atoms with Crippen LogP contribution in [-0.2, 0) is 12.4 Å². The quantitative estimate of drug-likeness (QED) is 0.156. The Kier molecular flexibility index (Phi) is 9.02. The van der Waals surface area contributed by atoms with E-state index in [0.717, 1.165) is 28.8 Å². The maximum absolute atomic E-state index is 14.3. The lowest BCUT2D eigenvalue weighted by atomic mass is 9.98. The van der Waals surface area contributed by atoms with E-state index in [1.807, 2.05) is 155 Å². The van der Waals surface area contributed by atoms with Crippen molar-refractivity contribution in [2.45, 2.75) is 12.4 Å². The van der Waals surface area contributed by atoms with Crippen LogP contribution >= 0.6 is 0 Å². The van der Waals surface area contributed by atoms with Crippen molar-refractivity contribution in [1.82, 2.24) is 19.1 Å². The molecule has 0 aliphatic carbocycles. The third kappa shape index (κ3) is 6.57. The summed E-state index contributed by atoms with van der Waals surface area (Å²) in [6, 6.07) is 57.4. The Hall–Kier alpha value is -7.98. The number of aromatic nitrogens is 4. The topological polar surface area (TPSA) is 35.6 Å². The fourth-order valence-corrected chi connectivity index (χ4v) is 8.89. The van der Waals surface area contributed by atoms with E-state index in [1.54, 1.807) is 12.1 Å². The van der Waals surface area contributed by atoms with Gasteiger partial charge in [0, 0.05) is 49.4 Å². The number of hydrogen-bond acceptors (Lipinski definition) is 2. The summed E-state index contributed by atoms with van der Waals surface area (Å²) in [6.07, 6.45) is -9.11. The van der Waals surface area contributed by atoms with Gasteiger partial charge in [-0.3, -0.25) is 0 Å². The minimum absolute atomic E-state index is 0.423. The van der Waals surface area contributed by atoms with Crippen molar-refractivity contribution in [2.75, 3.05) is 0 Å². The largest absolute Gasteiger partial charge is 0.416 e.